The first-order chi connectivity index (χ1) is 13.2. The van der Waals surface area contributed by atoms with E-state index >= 15 is 0 Å². The molecule has 4 aliphatic rings. The second-order valence-corrected chi connectivity index (χ2v) is 9.21. The third-order valence-electron chi connectivity index (χ3n) is 7.29. The maximum absolute atomic E-state index is 12.7. The largest absolute Gasteiger partial charge is 0.338 e. The van der Waals surface area contributed by atoms with E-state index < -0.39 is 0 Å². The number of rotatable bonds is 4. The number of nitrogens with one attached hydrogen (secondary N) is 2. The molecule has 1 aliphatic heterocycles. The SMILES string of the molecule is O=C(NCCC(=O)N1CCCC2CCCC=C21)NC12CCCC(CCC1)C2. The van der Waals surface area contributed by atoms with Gasteiger partial charge in [0.2, 0.25) is 5.91 Å². The van der Waals surface area contributed by atoms with Gasteiger partial charge in [-0.05, 0) is 63.2 Å². The average molecular weight is 374 g/mol. The van der Waals surface area contributed by atoms with Gasteiger partial charge in [0.15, 0.2) is 0 Å². The number of fused-ring (bicyclic) bond motifs is 3. The van der Waals surface area contributed by atoms with Crippen molar-refractivity contribution in [2.45, 2.75) is 89.0 Å². The van der Waals surface area contributed by atoms with Crippen molar-refractivity contribution in [2.75, 3.05) is 13.1 Å². The van der Waals surface area contributed by atoms with E-state index in [0.29, 0.717) is 18.9 Å². The fourth-order valence-corrected chi connectivity index (χ4v) is 6.01. The molecular weight excluding hydrogens is 338 g/mol. The van der Waals surface area contributed by atoms with Gasteiger partial charge in [0, 0.05) is 30.7 Å². The molecule has 5 heteroatoms. The fourth-order valence-electron chi connectivity index (χ4n) is 6.01. The van der Waals surface area contributed by atoms with Crippen molar-refractivity contribution in [1.29, 1.82) is 0 Å². The van der Waals surface area contributed by atoms with Crippen LogP contribution in [0.4, 0.5) is 4.79 Å². The summed E-state index contributed by atoms with van der Waals surface area (Å²) in [5.41, 5.74) is 1.28. The number of carbonyl (C=O) groups excluding carboxylic acids is 2. The van der Waals surface area contributed by atoms with Gasteiger partial charge in [-0.1, -0.05) is 31.8 Å². The van der Waals surface area contributed by atoms with Crippen LogP contribution in [0, 0.1) is 11.8 Å². The lowest BCUT2D eigenvalue weighted by Crippen LogP contribution is -2.56. The Morgan fingerprint density at radius 2 is 1.85 bits per heavy atom. The number of hydrogen-bond acceptors (Lipinski definition) is 2. The maximum Gasteiger partial charge on any atom is 0.315 e. The van der Waals surface area contributed by atoms with Gasteiger partial charge in [-0.2, -0.15) is 0 Å². The van der Waals surface area contributed by atoms with Crippen LogP contribution in [0.1, 0.15) is 83.5 Å². The Morgan fingerprint density at radius 3 is 2.67 bits per heavy atom. The predicted octanol–water partition coefficient (Wildman–Crippen LogP) is 4.10. The molecule has 1 saturated heterocycles. The Morgan fingerprint density at radius 1 is 1.07 bits per heavy atom. The number of allylic oxidation sites excluding steroid dienone is 2. The monoisotopic (exact) mass is 373 g/mol. The Labute approximate surface area is 163 Å². The topological polar surface area (TPSA) is 61.4 Å². The lowest BCUT2D eigenvalue weighted by atomic mass is 9.67. The molecule has 3 fully saturated rings. The molecule has 5 nitrogen and oxygen atoms in total. The van der Waals surface area contributed by atoms with Crippen LogP contribution < -0.4 is 10.6 Å². The molecule has 2 bridgehead atoms. The summed E-state index contributed by atoms with van der Waals surface area (Å²) in [5, 5.41) is 6.23. The van der Waals surface area contributed by atoms with Crippen molar-refractivity contribution >= 4 is 11.9 Å². The fraction of sp³-hybridized carbons (Fsp3) is 0.818. The molecule has 0 aromatic rings. The summed E-state index contributed by atoms with van der Waals surface area (Å²) in [6.07, 6.45) is 17.0. The van der Waals surface area contributed by atoms with E-state index in [1.807, 2.05) is 4.90 Å². The van der Waals surface area contributed by atoms with E-state index in [1.165, 1.54) is 50.6 Å². The molecular formula is C22H35N3O2. The van der Waals surface area contributed by atoms with Crippen molar-refractivity contribution in [2.24, 2.45) is 11.8 Å². The molecule has 1 atom stereocenters. The van der Waals surface area contributed by atoms with E-state index in [9.17, 15) is 9.59 Å². The number of likely N-dealkylation sites (tertiary alicyclic amines) is 1. The summed E-state index contributed by atoms with van der Waals surface area (Å²) >= 11 is 0. The van der Waals surface area contributed by atoms with Crippen LogP contribution in [0.2, 0.25) is 0 Å². The van der Waals surface area contributed by atoms with Crippen LogP contribution in [-0.4, -0.2) is 35.5 Å². The van der Waals surface area contributed by atoms with Gasteiger partial charge in [-0.3, -0.25) is 4.79 Å². The van der Waals surface area contributed by atoms with E-state index in [1.54, 1.807) is 0 Å². The van der Waals surface area contributed by atoms with Crippen molar-refractivity contribution < 1.29 is 9.59 Å². The van der Waals surface area contributed by atoms with Crippen molar-refractivity contribution in [1.82, 2.24) is 15.5 Å². The van der Waals surface area contributed by atoms with Gasteiger partial charge in [0.25, 0.3) is 0 Å². The summed E-state index contributed by atoms with van der Waals surface area (Å²) in [4.78, 5) is 27.1. The minimum absolute atomic E-state index is 0.0161. The highest BCUT2D eigenvalue weighted by Crippen LogP contribution is 2.42. The summed E-state index contributed by atoms with van der Waals surface area (Å²) in [7, 11) is 0. The molecule has 2 saturated carbocycles. The molecule has 3 aliphatic carbocycles. The first-order valence-electron chi connectivity index (χ1n) is 11.2. The zero-order valence-electron chi connectivity index (χ0n) is 16.6. The zero-order valence-corrected chi connectivity index (χ0v) is 16.6. The van der Waals surface area contributed by atoms with E-state index in [-0.39, 0.29) is 17.5 Å². The van der Waals surface area contributed by atoms with Crippen molar-refractivity contribution in [3.05, 3.63) is 11.8 Å². The van der Waals surface area contributed by atoms with Gasteiger partial charge < -0.3 is 15.5 Å². The number of amides is 3. The minimum atomic E-state index is -0.0845. The highest BCUT2D eigenvalue weighted by Gasteiger charge is 2.40. The number of hydrogen-bond donors (Lipinski definition) is 2. The quantitative estimate of drug-likeness (QED) is 0.779. The number of nitrogens with zero attached hydrogens (tertiary/aromatic N) is 1. The molecule has 0 aromatic heterocycles. The molecule has 27 heavy (non-hydrogen) atoms. The zero-order chi connectivity index (χ0) is 18.7. The lowest BCUT2D eigenvalue weighted by Gasteiger charge is -2.45. The Bertz CT molecular complexity index is 590. The second-order valence-electron chi connectivity index (χ2n) is 9.21. The first kappa shape index (κ1) is 18.8. The lowest BCUT2D eigenvalue weighted by molar-refractivity contribution is -0.130. The highest BCUT2D eigenvalue weighted by atomic mass is 16.2. The number of urea groups is 1. The van der Waals surface area contributed by atoms with E-state index in [2.05, 4.69) is 16.7 Å². The molecule has 1 unspecified atom stereocenters. The summed E-state index contributed by atoms with van der Waals surface area (Å²) < 4.78 is 0. The van der Waals surface area contributed by atoms with Crippen LogP contribution in [0.15, 0.2) is 11.8 Å². The summed E-state index contributed by atoms with van der Waals surface area (Å²) in [6, 6.07) is -0.0845. The smallest absolute Gasteiger partial charge is 0.315 e. The van der Waals surface area contributed by atoms with Gasteiger partial charge in [-0.15, -0.1) is 0 Å². The summed E-state index contributed by atoms with van der Waals surface area (Å²) in [6.45, 7) is 1.27. The third kappa shape index (κ3) is 4.33. The number of piperidine rings is 1. The molecule has 1 heterocycles. The van der Waals surface area contributed by atoms with Crippen molar-refractivity contribution in [3.8, 4) is 0 Å². The summed E-state index contributed by atoms with van der Waals surface area (Å²) in [5.74, 6) is 1.55. The first-order valence-corrected chi connectivity index (χ1v) is 11.2. The predicted molar refractivity (Wildman–Crippen MR) is 106 cm³/mol. The van der Waals surface area contributed by atoms with Crippen LogP contribution in [0.25, 0.3) is 0 Å². The molecule has 0 spiro atoms. The third-order valence-corrected chi connectivity index (χ3v) is 7.29. The van der Waals surface area contributed by atoms with Gasteiger partial charge in [0.1, 0.15) is 0 Å². The van der Waals surface area contributed by atoms with Crippen LogP contribution >= 0.6 is 0 Å². The van der Waals surface area contributed by atoms with Crippen molar-refractivity contribution in [3.63, 3.8) is 0 Å². The molecule has 0 aromatic carbocycles. The Balaban J connectivity index is 1.24. The van der Waals surface area contributed by atoms with Gasteiger partial charge in [0.05, 0.1) is 0 Å². The molecule has 2 N–H and O–H groups in total. The van der Waals surface area contributed by atoms with E-state index in [0.717, 1.165) is 44.6 Å². The Kier molecular flexibility index (Phi) is 5.74. The molecule has 0 radical (unpaired) electrons. The van der Waals surface area contributed by atoms with Gasteiger partial charge >= 0.3 is 6.03 Å². The minimum Gasteiger partial charge on any atom is -0.338 e. The average Bonchev–Trinajstić information content (AvgIpc) is 2.67. The molecule has 4 rings (SSSR count). The normalized spacial score (nSPS) is 32.9. The standard InChI is InChI=1S/C22H35N3O2/c26-20(25-15-5-9-18-8-1-2-10-19(18)25)11-14-23-21(27)24-22-12-3-6-17(16-22)7-4-13-22/h10,17-18H,1-9,11-16H2,(H2,23,24,27). The van der Waals surface area contributed by atoms with Crippen LogP contribution in [-0.2, 0) is 4.79 Å². The second kappa shape index (κ2) is 8.24. The van der Waals surface area contributed by atoms with E-state index in [4.69, 9.17) is 0 Å². The van der Waals surface area contributed by atoms with Gasteiger partial charge in [-0.25, -0.2) is 4.79 Å². The maximum atomic E-state index is 12.7. The highest BCUT2D eigenvalue weighted by molar-refractivity contribution is 5.80. The molecule has 3 amide bonds. The Hall–Kier alpha value is -1.52. The molecule has 150 valence electrons. The number of carbonyl (C=O) groups is 2. The van der Waals surface area contributed by atoms with Crippen LogP contribution in [0.5, 0.6) is 0 Å². The van der Waals surface area contributed by atoms with Crippen LogP contribution in [0.3, 0.4) is 0 Å².